The largest absolute Gasteiger partial charge is 0.376 e. The zero-order valence-corrected chi connectivity index (χ0v) is 20.8. The maximum absolute atomic E-state index is 13.0. The van der Waals surface area contributed by atoms with Crippen molar-refractivity contribution in [3.05, 3.63) is 39.5 Å². The van der Waals surface area contributed by atoms with E-state index in [9.17, 15) is 8.42 Å². The Balaban J connectivity index is 1.69. The highest BCUT2D eigenvalue weighted by molar-refractivity contribution is 7.98. The fourth-order valence-electron chi connectivity index (χ4n) is 3.80. The predicted molar refractivity (Wildman–Crippen MR) is 128 cm³/mol. The average molecular weight is 500 g/mol. The van der Waals surface area contributed by atoms with Crippen LogP contribution < -0.4 is 0 Å². The van der Waals surface area contributed by atoms with Gasteiger partial charge in [0, 0.05) is 30.3 Å². The summed E-state index contributed by atoms with van der Waals surface area (Å²) < 4.78 is 36.2. The number of thiophene rings is 1. The lowest BCUT2D eigenvalue weighted by Gasteiger charge is -2.18. The number of aromatic nitrogens is 2. The van der Waals surface area contributed by atoms with Gasteiger partial charge >= 0.3 is 0 Å². The van der Waals surface area contributed by atoms with Gasteiger partial charge in [-0.3, -0.25) is 0 Å². The molecule has 0 radical (unpaired) electrons. The van der Waals surface area contributed by atoms with Gasteiger partial charge < -0.3 is 9.30 Å². The normalized spacial score (nSPS) is 17.2. The van der Waals surface area contributed by atoms with E-state index in [1.54, 1.807) is 35.2 Å². The van der Waals surface area contributed by atoms with Gasteiger partial charge in [-0.25, -0.2) is 13.4 Å². The van der Waals surface area contributed by atoms with E-state index in [4.69, 9.17) is 21.3 Å². The number of halogens is 1. The van der Waals surface area contributed by atoms with Gasteiger partial charge in [0.1, 0.15) is 0 Å². The second kappa shape index (κ2) is 9.80. The third kappa shape index (κ3) is 4.96. The Bertz CT molecular complexity index is 1150. The number of hydrogen-bond donors (Lipinski definition) is 0. The number of imidazole rings is 1. The highest BCUT2D eigenvalue weighted by Gasteiger charge is 2.24. The van der Waals surface area contributed by atoms with Gasteiger partial charge in [-0.15, -0.1) is 11.3 Å². The summed E-state index contributed by atoms with van der Waals surface area (Å²) in [6, 6.07) is 9.20. The van der Waals surface area contributed by atoms with E-state index in [1.165, 1.54) is 9.18 Å². The van der Waals surface area contributed by atoms with Gasteiger partial charge in [-0.1, -0.05) is 37.2 Å². The maximum atomic E-state index is 13.0. The first-order chi connectivity index (χ1) is 14.9. The zero-order chi connectivity index (χ0) is 22.0. The summed E-state index contributed by atoms with van der Waals surface area (Å²) in [4.78, 5) is 6.28. The molecule has 31 heavy (non-hydrogen) atoms. The van der Waals surface area contributed by atoms with E-state index < -0.39 is 10.0 Å². The van der Waals surface area contributed by atoms with Crippen molar-refractivity contribution in [1.29, 1.82) is 0 Å². The Kier molecular flexibility index (Phi) is 7.30. The minimum atomic E-state index is -3.53. The molecular weight excluding hydrogens is 474 g/mol. The zero-order valence-electron chi connectivity index (χ0n) is 17.6. The SMILES string of the molecule is CCN(CC)S(=O)(=O)c1ccc2c(c1)nc(SCc1ccc(Cl)s1)n2CC1CCCO1. The summed E-state index contributed by atoms with van der Waals surface area (Å²) in [6.07, 6.45) is 2.25. The molecule has 168 valence electrons. The van der Waals surface area contributed by atoms with Crippen LogP contribution in [0.15, 0.2) is 40.4 Å². The van der Waals surface area contributed by atoms with Crippen LogP contribution in [0.3, 0.4) is 0 Å². The summed E-state index contributed by atoms with van der Waals surface area (Å²) in [5, 5.41) is 0.868. The van der Waals surface area contributed by atoms with Crippen molar-refractivity contribution in [2.45, 2.75) is 55.1 Å². The minimum Gasteiger partial charge on any atom is -0.376 e. The lowest BCUT2D eigenvalue weighted by Crippen LogP contribution is -2.30. The fraction of sp³-hybridized carbons (Fsp3) is 0.476. The summed E-state index contributed by atoms with van der Waals surface area (Å²) >= 11 is 9.28. The van der Waals surface area contributed by atoms with Crippen LogP contribution in [0.25, 0.3) is 11.0 Å². The van der Waals surface area contributed by atoms with Gasteiger partial charge in [0.2, 0.25) is 10.0 Å². The number of hydrogen-bond acceptors (Lipinski definition) is 6. The van der Waals surface area contributed by atoms with Crippen molar-refractivity contribution in [2.75, 3.05) is 19.7 Å². The molecular formula is C21H26ClN3O3S3. The van der Waals surface area contributed by atoms with Crippen molar-refractivity contribution < 1.29 is 13.2 Å². The molecule has 4 rings (SSSR count). The van der Waals surface area contributed by atoms with Crippen molar-refractivity contribution in [3.8, 4) is 0 Å². The Morgan fingerprint density at radius 1 is 1.29 bits per heavy atom. The van der Waals surface area contributed by atoms with Crippen molar-refractivity contribution in [3.63, 3.8) is 0 Å². The Morgan fingerprint density at radius 3 is 2.74 bits per heavy atom. The highest BCUT2D eigenvalue weighted by Crippen LogP contribution is 2.32. The molecule has 3 heterocycles. The van der Waals surface area contributed by atoms with E-state index in [0.717, 1.165) is 40.2 Å². The van der Waals surface area contributed by atoms with Crippen LogP contribution in [0, 0.1) is 0 Å². The van der Waals surface area contributed by atoms with E-state index >= 15 is 0 Å². The molecule has 1 unspecified atom stereocenters. The molecule has 1 saturated heterocycles. The van der Waals surface area contributed by atoms with Gasteiger partial charge in [-0.05, 0) is 43.2 Å². The van der Waals surface area contributed by atoms with Crippen molar-refractivity contribution >= 4 is 55.8 Å². The summed E-state index contributed by atoms with van der Waals surface area (Å²) in [6.45, 7) is 6.08. The topological polar surface area (TPSA) is 64.4 Å². The first-order valence-electron chi connectivity index (χ1n) is 10.4. The number of rotatable bonds is 9. The molecule has 0 bridgehead atoms. The molecule has 3 aromatic rings. The summed E-state index contributed by atoms with van der Waals surface area (Å²) in [5.74, 6) is 0.761. The molecule has 0 amide bonds. The predicted octanol–water partition coefficient (Wildman–Crippen LogP) is 5.25. The van der Waals surface area contributed by atoms with E-state index in [0.29, 0.717) is 25.2 Å². The smallest absolute Gasteiger partial charge is 0.243 e. The molecule has 0 saturated carbocycles. The summed E-state index contributed by atoms with van der Waals surface area (Å²) in [5.41, 5.74) is 1.62. The third-order valence-corrected chi connectivity index (χ3v) is 9.90. The third-order valence-electron chi connectivity index (χ3n) is 5.41. The Hall–Kier alpha value is -1.10. The molecule has 1 atom stereocenters. The molecule has 1 aromatic carbocycles. The molecule has 2 aromatic heterocycles. The molecule has 0 spiro atoms. The maximum Gasteiger partial charge on any atom is 0.243 e. The lowest BCUT2D eigenvalue weighted by molar-refractivity contribution is 0.0960. The minimum absolute atomic E-state index is 0.159. The van der Waals surface area contributed by atoms with Crippen LogP contribution in [-0.4, -0.2) is 48.1 Å². The van der Waals surface area contributed by atoms with Crippen molar-refractivity contribution in [2.24, 2.45) is 0 Å². The van der Waals surface area contributed by atoms with E-state index in [1.807, 2.05) is 32.0 Å². The van der Waals surface area contributed by atoms with Crippen LogP contribution in [0.4, 0.5) is 0 Å². The second-order valence-corrected chi connectivity index (χ2v) is 12.1. The van der Waals surface area contributed by atoms with Gasteiger partial charge in [0.05, 0.1) is 32.9 Å². The standard InChI is InChI=1S/C21H26ClN3O3S3/c1-3-24(4-2)31(26,27)17-8-9-19-18(12-17)23-21(25(19)13-15-6-5-11-28-15)29-14-16-7-10-20(22)30-16/h7-10,12,15H,3-6,11,13-14H2,1-2H3. The van der Waals surface area contributed by atoms with E-state index in [-0.39, 0.29) is 11.0 Å². The highest BCUT2D eigenvalue weighted by atomic mass is 35.5. The van der Waals surface area contributed by atoms with Crippen molar-refractivity contribution in [1.82, 2.24) is 13.9 Å². The Labute approximate surface area is 196 Å². The van der Waals surface area contributed by atoms with Crippen LogP contribution in [0.1, 0.15) is 31.6 Å². The van der Waals surface area contributed by atoms with Crippen LogP contribution in [-0.2, 0) is 27.1 Å². The van der Waals surface area contributed by atoms with Gasteiger partial charge in [0.25, 0.3) is 0 Å². The second-order valence-electron chi connectivity index (χ2n) is 7.37. The lowest BCUT2D eigenvalue weighted by atomic mass is 10.2. The molecule has 1 aliphatic heterocycles. The molecule has 10 heteroatoms. The fourth-order valence-corrected chi connectivity index (χ4v) is 7.44. The molecule has 6 nitrogen and oxygen atoms in total. The van der Waals surface area contributed by atoms with Crippen LogP contribution in [0.2, 0.25) is 4.34 Å². The number of fused-ring (bicyclic) bond motifs is 1. The monoisotopic (exact) mass is 499 g/mol. The average Bonchev–Trinajstić information content (AvgIpc) is 3.48. The van der Waals surface area contributed by atoms with Gasteiger partial charge in [-0.2, -0.15) is 4.31 Å². The number of sulfonamides is 1. The first kappa shape index (κ1) is 23.1. The quantitative estimate of drug-likeness (QED) is 0.376. The molecule has 1 fully saturated rings. The number of thioether (sulfide) groups is 1. The number of ether oxygens (including phenoxy) is 1. The number of benzene rings is 1. The van der Waals surface area contributed by atoms with Crippen LogP contribution in [0.5, 0.6) is 0 Å². The first-order valence-corrected chi connectivity index (χ1v) is 14.0. The summed E-state index contributed by atoms with van der Waals surface area (Å²) in [7, 11) is -3.53. The number of nitrogens with zero attached hydrogens (tertiary/aromatic N) is 3. The molecule has 1 aliphatic rings. The van der Waals surface area contributed by atoms with Gasteiger partial charge in [0.15, 0.2) is 5.16 Å². The van der Waals surface area contributed by atoms with E-state index in [2.05, 4.69) is 4.57 Å². The Morgan fingerprint density at radius 2 is 2.10 bits per heavy atom. The molecule has 0 N–H and O–H groups in total. The molecule has 0 aliphatic carbocycles. The van der Waals surface area contributed by atoms with Crippen LogP contribution >= 0.6 is 34.7 Å².